The molecule has 1 aliphatic rings. The minimum absolute atomic E-state index is 0.0146. The standard InChI is InChI=1S/C18H21N3O2/c1-13-10-14(2)20-18(19-13)15-8-9-21(11-15)17(22)12-23-16-6-4-3-5-7-16/h3-7,10,15H,8-9,11-12H2,1-2H3. The normalized spacial score (nSPS) is 17.3. The Hall–Kier alpha value is -2.43. The van der Waals surface area contributed by atoms with E-state index in [9.17, 15) is 4.79 Å². The van der Waals surface area contributed by atoms with Crippen molar-refractivity contribution in [2.75, 3.05) is 19.7 Å². The highest BCUT2D eigenvalue weighted by molar-refractivity contribution is 5.78. The number of rotatable bonds is 4. The molecule has 0 N–H and O–H groups in total. The van der Waals surface area contributed by atoms with Gasteiger partial charge in [-0.1, -0.05) is 18.2 Å². The Morgan fingerprint density at radius 1 is 1.22 bits per heavy atom. The van der Waals surface area contributed by atoms with E-state index in [0.717, 1.165) is 30.2 Å². The second kappa shape index (κ2) is 6.77. The summed E-state index contributed by atoms with van der Waals surface area (Å²) in [6.07, 6.45) is 0.903. The quantitative estimate of drug-likeness (QED) is 0.870. The summed E-state index contributed by atoms with van der Waals surface area (Å²) in [6.45, 7) is 5.43. The second-order valence-electron chi connectivity index (χ2n) is 5.94. The van der Waals surface area contributed by atoms with Crippen LogP contribution in [0.1, 0.15) is 29.6 Å². The summed E-state index contributed by atoms with van der Waals surface area (Å²) in [4.78, 5) is 23.2. The number of carbonyl (C=O) groups is 1. The maximum absolute atomic E-state index is 12.3. The number of nitrogens with zero attached hydrogens (tertiary/aromatic N) is 3. The summed E-state index contributed by atoms with van der Waals surface area (Å²) >= 11 is 0. The third kappa shape index (κ3) is 3.86. The van der Waals surface area contributed by atoms with E-state index in [1.54, 1.807) is 0 Å². The number of para-hydroxylation sites is 1. The first kappa shape index (κ1) is 15.5. The first-order chi connectivity index (χ1) is 11.1. The molecule has 1 aromatic carbocycles. The molecule has 3 rings (SSSR count). The third-order valence-corrected chi connectivity index (χ3v) is 4.01. The van der Waals surface area contributed by atoms with E-state index in [1.807, 2.05) is 55.1 Å². The Bertz CT molecular complexity index is 668. The molecule has 120 valence electrons. The zero-order valence-corrected chi connectivity index (χ0v) is 13.5. The van der Waals surface area contributed by atoms with Crippen molar-refractivity contribution in [3.63, 3.8) is 0 Å². The van der Waals surface area contributed by atoms with E-state index in [1.165, 1.54) is 0 Å². The predicted molar refractivity (Wildman–Crippen MR) is 87.4 cm³/mol. The molecule has 0 bridgehead atoms. The molecule has 0 spiro atoms. The van der Waals surface area contributed by atoms with Gasteiger partial charge in [0.25, 0.3) is 5.91 Å². The van der Waals surface area contributed by atoms with Crippen molar-refractivity contribution in [3.05, 3.63) is 53.6 Å². The first-order valence-electron chi connectivity index (χ1n) is 7.89. The first-order valence-corrected chi connectivity index (χ1v) is 7.89. The van der Waals surface area contributed by atoms with Gasteiger partial charge in [-0.25, -0.2) is 9.97 Å². The van der Waals surface area contributed by atoms with Gasteiger partial charge in [0.2, 0.25) is 0 Å². The summed E-state index contributed by atoms with van der Waals surface area (Å²) in [7, 11) is 0. The van der Waals surface area contributed by atoms with Crippen molar-refractivity contribution < 1.29 is 9.53 Å². The monoisotopic (exact) mass is 311 g/mol. The summed E-state index contributed by atoms with van der Waals surface area (Å²) in [5.41, 5.74) is 1.95. The Labute approximate surface area is 136 Å². The van der Waals surface area contributed by atoms with Gasteiger partial charge in [-0.05, 0) is 38.5 Å². The van der Waals surface area contributed by atoms with Crippen LogP contribution in [0.5, 0.6) is 5.75 Å². The van der Waals surface area contributed by atoms with Gasteiger partial charge in [0, 0.05) is 30.4 Å². The van der Waals surface area contributed by atoms with E-state index < -0.39 is 0 Å². The Kier molecular flexibility index (Phi) is 4.55. The number of hydrogen-bond acceptors (Lipinski definition) is 4. The van der Waals surface area contributed by atoms with E-state index in [0.29, 0.717) is 12.3 Å². The molecule has 1 saturated heterocycles. The summed E-state index contributed by atoms with van der Waals surface area (Å²) in [5, 5.41) is 0. The number of aryl methyl sites for hydroxylation is 2. The second-order valence-corrected chi connectivity index (χ2v) is 5.94. The number of hydrogen-bond donors (Lipinski definition) is 0. The van der Waals surface area contributed by atoms with Crippen LogP contribution in [0.15, 0.2) is 36.4 Å². The minimum atomic E-state index is 0.0146. The maximum Gasteiger partial charge on any atom is 0.260 e. The number of benzene rings is 1. The molecule has 1 aromatic heterocycles. The van der Waals surface area contributed by atoms with Crippen LogP contribution < -0.4 is 4.74 Å². The van der Waals surface area contributed by atoms with Crippen molar-refractivity contribution in [1.29, 1.82) is 0 Å². The molecule has 0 radical (unpaired) electrons. The van der Waals surface area contributed by atoms with Crippen LogP contribution in [0, 0.1) is 13.8 Å². The fraction of sp³-hybridized carbons (Fsp3) is 0.389. The molecule has 5 heteroatoms. The molecule has 2 heterocycles. The molecule has 0 saturated carbocycles. The van der Waals surface area contributed by atoms with E-state index in [4.69, 9.17) is 4.74 Å². The van der Waals surface area contributed by atoms with Crippen LogP contribution in [-0.4, -0.2) is 40.5 Å². The summed E-state index contributed by atoms with van der Waals surface area (Å²) in [5.74, 6) is 1.80. The molecule has 1 aliphatic heterocycles. The Morgan fingerprint density at radius 3 is 2.61 bits per heavy atom. The molecule has 1 fully saturated rings. The molecule has 0 aliphatic carbocycles. The van der Waals surface area contributed by atoms with Crippen molar-refractivity contribution in [1.82, 2.24) is 14.9 Å². The van der Waals surface area contributed by atoms with Gasteiger partial charge in [-0.15, -0.1) is 0 Å². The Balaban J connectivity index is 1.57. The largest absolute Gasteiger partial charge is 0.484 e. The van der Waals surface area contributed by atoms with Crippen molar-refractivity contribution in [2.24, 2.45) is 0 Å². The van der Waals surface area contributed by atoms with Crippen LogP contribution in [0.2, 0.25) is 0 Å². The summed E-state index contributed by atoms with van der Waals surface area (Å²) < 4.78 is 5.54. The SMILES string of the molecule is Cc1cc(C)nc(C2CCN(C(=O)COc3ccccc3)C2)n1. The third-order valence-electron chi connectivity index (χ3n) is 4.01. The molecule has 1 amide bonds. The molecule has 5 nitrogen and oxygen atoms in total. The smallest absolute Gasteiger partial charge is 0.260 e. The highest BCUT2D eigenvalue weighted by Gasteiger charge is 2.29. The molecule has 23 heavy (non-hydrogen) atoms. The molecular formula is C18H21N3O2. The lowest BCUT2D eigenvalue weighted by molar-refractivity contribution is -0.132. The van der Waals surface area contributed by atoms with Crippen molar-refractivity contribution >= 4 is 5.91 Å². The maximum atomic E-state index is 12.3. The van der Waals surface area contributed by atoms with Crippen LogP contribution in [-0.2, 0) is 4.79 Å². The summed E-state index contributed by atoms with van der Waals surface area (Å²) in [6, 6.07) is 11.4. The highest BCUT2D eigenvalue weighted by atomic mass is 16.5. The van der Waals surface area contributed by atoms with Gasteiger partial charge in [-0.2, -0.15) is 0 Å². The van der Waals surface area contributed by atoms with Crippen LogP contribution in [0.25, 0.3) is 0 Å². The number of carbonyl (C=O) groups excluding carboxylic acids is 1. The van der Waals surface area contributed by atoms with Gasteiger partial charge in [0.05, 0.1) is 0 Å². The van der Waals surface area contributed by atoms with E-state index >= 15 is 0 Å². The lowest BCUT2D eigenvalue weighted by atomic mass is 10.1. The number of amides is 1. The highest BCUT2D eigenvalue weighted by Crippen LogP contribution is 2.25. The average Bonchev–Trinajstić information content (AvgIpc) is 3.03. The molecule has 2 aromatic rings. The minimum Gasteiger partial charge on any atom is -0.484 e. The fourth-order valence-corrected chi connectivity index (χ4v) is 2.89. The Morgan fingerprint density at radius 2 is 1.91 bits per heavy atom. The van der Waals surface area contributed by atoms with Crippen LogP contribution in [0.4, 0.5) is 0 Å². The van der Waals surface area contributed by atoms with Crippen LogP contribution in [0.3, 0.4) is 0 Å². The zero-order chi connectivity index (χ0) is 16.2. The van der Waals surface area contributed by atoms with Gasteiger partial charge < -0.3 is 9.64 Å². The fourth-order valence-electron chi connectivity index (χ4n) is 2.89. The zero-order valence-electron chi connectivity index (χ0n) is 13.5. The predicted octanol–water partition coefficient (Wildman–Crippen LogP) is 2.49. The van der Waals surface area contributed by atoms with Crippen LogP contribution >= 0.6 is 0 Å². The number of aromatic nitrogens is 2. The molecule has 1 unspecified atom stereocenters. The van der Waals surface area contributed by atoms with E-state index in [-0.39, 0.29) is 18.4 Å². The van der Waals surface area contributed by atoms with Gasteiger partial charge in [0.15, 0.2) is 6.61 Å². The topological polar surface area (TPSA) is 55.3 Å². The lowest BCUT2D eigenvalue weighted by Gasteiger charge is -2.17. The number of ether oxygens (including phenoxy) is 1. The van der Waals surface area contributed by atoms with Gasteiger partial charge in [-0.3, -0.25) is 4.79 Å². The lowest BCUT2D eigenvalue weighted by Crippen LogP contribution is -2.33. The number of likely N-dealkylation sites (tertiary alicyclic amines) is 1. The van der Waals surface area contributed by atoms with Gasteiger partial charge in [0.1, 0.15) is 11.6 Å². The van der Waals surface area contributed by atoms with Crippen molar-refractivity contribution in [3.8, 4) is 5.75 Å². The average molecular weight is 311 g/mol. The molecule has 1 atom stereocenters. The van der Waals surface area contributed by atoms with Gasteiger partial charge >= 0.3 is 0 Å². The molecular weight excluding hydrogens is 290 g/mol. The van der Waals surface area contributed by atoms with E-state index in [2.05, 4.69) is 9.97 Å². The van der Waals surface area contributed by atoms with Crippen molar-refractivity contribution in [2.45, 2.75) is 26.2 Å².